The highest BCUT2D eigenvalue weighted by Crippen LogP contribution is 2.14. The summed E-state index contributed by atoms with van der Waals surface area (Å²) >= 11 is 0. The molecule has 0 saturated carbocycles. The quantitative estimate of drug-likeness (QED) is 0.805. The molecule has 2 aromatic carbocycles. The molecule has 1 amide bonds. The van der Waals surface area contributed by atoms with Gasteiger partial charge in [0.15, 0.2) is 0 Å². The second-order valence-corrected chi connectivity index (χ2v) is 4.89. The van der Waals surface area contributed by atoms with Crippen molar-refractivity contribution in [3.05, 3.63) is 77.6 Å². The smallest absolute Gasteiger partial charge is 0.244 e. The minimum Gasteiger partial charge on any atom is -0.388 e. The number of aliphatic hydroxyl groups excluding tert-OH is 1. The second kappa shape index (κ2) is 8.10. The molecule has 0 bridgehead atoms. The largest absolute Gasteiger partial charge is 0.388 e. The minimum absolute atomic E-state index is 0.274. The summed E-state index contributed by atoms with van der Waals surface area (Å²) in [6.45, 7) is 0.363. The SMILES string of the molecule is O=C(C=Cc1cccc(F)c1)NCCC(O)c1ccccc1. The number of halogens is 1. The Morgan fingerprint density at radius 1 is 1.18 bits per heavy atom. The topological polar surface area (TPSA) is 49.3 Å². The van der Waals surface area contributed by atoms with E-state index in [2.05, 4.69) is 5.32 Å². The molecule has 2 N–H and O–H groups in total. The average Bonchev–Trinajstić information content (AvgIpc) is 2.54. The van der Waals surface area contributed by atoms with Crippen LogP contribution in [0.1, 0.15) is 23.7 Å². The van der Waals surface area contributed by atoms with Gasteiger partial charge in [0.25, 0.3) is 0 Å². The molecule has 0 fully saturated rings. The number of carbonyl (C=O) groups is 1. The molecule has 114 valence electrons. The van der Waals surface area contributed by atoms with Gasteiger partial charge in [0.1, 0.15) is 5.82 Å². The van der Waals surface area contributed by atoms with Crippen molar-refractivity contribution in [2.45, 2.75) is 12.5 Å². The van der Waals surface area contributed by atoms with Crippen molar-refractivity contribution >= 4 is 12.0 Å². The third-order valence-electron chi connectivity index (χ3n) is 3.18. The molecule has 2 aromatic rings. The third-order valence-corrected chi connectivity index (χ3v) is 3.18. The zero-order chi connectivity index (χ0) is 15.8. The molecule has 0 radical (unpaired) electrons. The number of benzene rings is 2. The minimum atomic E-state index is -0.603. The van der Waals surface area contributed by atoms with Crippen molar-refractivity contribution in [3.63, 3.8) is 0 Å². The van der Waals surface area contributed by atoms with Crippen LogP contribution in [-0.4, -0.2) is 17.6 Å². The van der Waals surface area contributed by atoms with E-state index in [1.165, 1.54) is 18.2 Å². The van der Waals surface area contributed by atoms with Gasteiger partial charge >= 0.3 is 0 Å². The van der Waals surface area contributed by atoms with Crippen molar-refractivity contribution in [3.8, 4) is 0 Å². The van der Waals surface area contributed by atoms with Gasteiger partial charge in [-0.2, -0.15) is 0 Å². The molecule has 0 aliphatic heterocycles. The zero-order valence-corrected chi connectivity index (χ0v) is 12.1. The van der Waals surface area contributed by atoms with E-state index in [1.54, 1.807) is 18.2 Å². The van der Waals surface area contributed by atoms with Crippen LogP contribution in [0.5, 0.6) is 0 Å². The lowest BCUT2D eigenvalue weighted by Crippen LogP contribution is -2.23. The normalized spacial score (nSPS) is 12.3. The highest BCUT2D eigenvalue weighted by molar-refractivity contribution is 5.91. The number of aliphatic hydroxyl groups is 1. The Kier molecular flexibility index (Phi) is 5.86. The standard InChI is InChI=1S/C18H18FNO2/c19-16-8-4-5-14(13-16)9-10-18(22)20-12-11-17(21)15-6-2-1-3-7-15/h1-10,13,17,21H,11-12H2,(H,20,22). The van der Waals surface area contributed by atoms with Crippen LogP contribution in [0, 0.1) is 5.82 Å². The van der Waals surface area contributed by atoms with E-state index in [9.17, 15) is 14.3 Å². The van der Waals surface area contributed by atoms with Crippen LogP contribution in [-0.2, 0) is 4.79 Å². The predicted molar refractivity (Wildman–Crippen MR) is 84.5 cm³/mol. The van der Waals surface area contributed by atoms with Crippen molar-refractivity contribution < 1.29 is 14.3 Å². The lowest BCUT2D eigenvalue weighted by Gasteiger charge is -2.10. The molecule has 1 atom stereocenters. The molecule has 1 unspecified atom stereocenters. The van der Waals surface area contributed by atoms with Crippen molar-refractivity contribution in [2.75, 3.05) is 6.54 Å². The number of hydrogen-bond donors (Lipinski definition) is 2. The van der Waals surface area contributed by atoms with Gasteiger partial charge in [-0.1, -0.05) is 42.5 Å². The van der Waals surface area contributed by atoms with Crippen molar-refractivity contribution in [1.82, 2.24) is 5.32 Å². The molecule has 0 spiro atoms. The van der Waals surface area contributed by atoms with E-state index in [0.29, 0.717) is 18.5 Å². The van der Waals surface area contributed by atoms with Crippen LogP contribution in [0.25, 0.3) is 6.08 Å². The Balaban J connectivity index is 1.76. The van der Waals surface area contributed by atoms with Crippen LogP contribution in [0.2, 0.25) is 0 Å². The maximum absolute atomic E-state index is 13.0. The molecular weight excluding hydrogens is 281 g/mol. The Labute approximate surface area is 129 Å². The predicted octanol–water partition coefficient (Wildman–Crippen LogP) is 3.08. The van der Waals surface area contributed by atoms with Crippen LogP contribution in [0.4, 0.5) is 4.39 Å². The molecule has 0 aliphatic rings. The summed E-state index contributed by atoms with van der Waals surface area (Å²) in [5.41, 5.74) is 1.45. The summed E-state index contributed by atoms with van der Waals surface area (Å²) in [5.74, 6) is -0.613. The number of rotatable bonds is 6. The van der Waals surface area contributed by atoms with E-state index in [0.717, 1.165) is 5.56 Å². The van der Waals surface area contributed by atoms with E-state index < -0.39 is 6.10 Å². The molecule has 22 heavy (non-hydrogen) atoms. The van der Waals surface area contributed by atoms with Crippen molar-refractivity contribution in [1.29, 1.82) is 0 Å². The van der Waals surface area contributed by atoms with Crippen LogP contribution in [0.15, 0.2) is 60.7 Å². The van der Waals surface area contributed by atoms with Crippen LogP contribution >= 0.6 is 0 Å². The van der Waals surface area contributed by atoms with Gasteiger partial charge in [0.2, 0.25) is 5.91 Å². The van der Waals surface area contributed by atoms with E-state index in [-0.39, 0.29) is 11.7 Å². The maximum atomic E-state index is 13.0. The van der Waals surface area contributed by atoms with Crippen molar-refractivity contribution in [2.24, 2.45) is 0 Å². The first-order valence-electron chi connectivity index (χ1n) is 7.09. The summed E-state index contributed by atoms with van der Waals surface area (Å²) in [5, 5.41) is 12.6. The van der Waals surface area contributed by atoms with Gasteiger partial charge in [-0.25, -0.2) is 4.39 Å². The lowest BCUT2D eigenvalue weighted by atomic mass is 10.1. The van der Waals surface area contributed by atoms with Gasteiger partial charge in [-0.05, 0) is 35.8 Å². The van der Waals surface area contributed by atoms with Gasteiger partial charge in [0.05, 0.1) is 6.10 Å². The zero-order valence-electron chi connectivity index (χ0n) is 12.1. The number of nitrogens with one attached hydrogen (secondary N) is 1. The lowest BCUT2D eigenvalue weighted by molar-refractivity contribution is -0.116. The van der Waals surface area contributed by atoms with E-state index in [4.69, 9.17) is 0 Å². The molecule has 2 rings (SSSR count). The second-order valence-electron chi connectivity index (χ2n) is 4.89. The summed E-state index contributed by atoms with van der Waals surface area (Å²) in [6.07, 6.45) is 2.73. The Morgan fingerprint density at radius 2 is 1.95 bits per heavy atom. The number of amides is 1. The summed E-state index contributed by atoms with van der Waals surface area (Å²) < 4.78 is 13.0. The molecule has 0 aliphatic carbocycles. The molecule has 0 saturated heterocycles. The molecular formula is C18H18FNO2. The fourth-order valence-corrected chi connectivity index (χ4v) is 2.02. The van der Waals surface area contributed by atoms with Crippen LogP contribution < -0.4 is 5.32 Å². The first kappa shape index (κ1) is 15.9. The Bertz CT molecular complexity index is 641. The highest BCUT2D eigenvalue weighted by Gasteiger charge is 2.06. The van der Waals surface area contributed by atoms with Crippen LogP contribution in [0.3, 0.4) is 0 Å². The Morgan fingerprint density at radius 3 is 2.68 bits per heavy atom. The van der Waals surface area contributed by atoms with Gasteiger partial charge in [0, 0.05) is 12.6 Å². The molecule has 0 heterocycles. The van der Waals surface area contributed by atoms with Gasteiger partial charge < -0.3 is 10.4 Å². The summed E-state index contributed by atoms with van der Waals surface area (Å²) in [6, 6.07) is 15.3. The van der Waals surface area contributed by atoms with Gasteiger partial charge in [-0.15, -0.1) is 0 Å². The molecule has 4 heteroatoms. The monoisotopic (exact) mass is 299 g/mol. The molecule has 3 nitrogen and oxygen atoms in total. The van der Waals surface area contributed by atoms with Gasteiger partial charge in [-0.3, -0.25) is 4.79 Å². The fraction of sp³-hybridized carbons (Fsp3) is 0.167. The van der Waals surface area contributed by atoms with E-state index in [1.807, 2.05) is 30.3 Å². The first-order chi connectivity index (χ1) is 10.6. The number of hydrogen-bond acceptors (Lipinski definition) is 2. The Hall–Kier alpha value is -2.46. The first-order valence-corrected chi connectivity index (χ1v) is 7.09. The fourth-order valence-electron chi connectivity index (χ4n) is 2.02. The third kappa shape index (κ3) is 5.14. The highest BCUT2D eigenvalue weighted by atomic mass is 19.1. The van der Waals surface area contributed by atoms with E-state index >= 15 is 0 Å². The summed E-state index contributed by atoms with van der Waals surface area (Å²) in [4.78, 5) is 11.6. The maximum Gasteiger partial charge on any atom is 0.244 e. The molecule has 0 aromatic heterocycles. The average molecular weight is 299 g/mol. The summed E-state index contributed by atoms with van der Waals surface area (Å²) in [7, 11) is 0. The number of carbonyl (C=O) groups excluding carboxylic acids is 1.